The summed E-state index contributed by atoms with van der Waals surface area (Å²) >= 11 is 0. The fourth-order valence-electron chi connectivity index (χ4n) is 3.65. The molecule has 0 heteroatoms. The van der Waals surface area contributed by atoms with Crippen LogP contribution in [0.2, 0.25) is 0 Å². The van der Waals surface area contributed by atoms with Crippen LogP contribution in [0.15, 0.2) is 36.4 Å². The molecule has 122 valence electrons. The lowest BCUT2D eigenvalue weighted by Gasteiger charge is -2.26. The Bertz CT molecular complexity index is 418. The molecule has 1 aliphatic carbocycles. The molecule has 0 bridgehead atoms. The third kappa shape index (κ3) is 6.38. The van der Waals surface area contributed by atoms with Gasteiger partial charge in [0.05, 0.1) is 0 Å². The number of benzene rings is 1. The molecule has 0 unspecified atom stereocenters. The van der Waals surface area contributed by atoms with Crippen molar-refractivity contribution in [2.45, 2.75) is 78.1 Å². The highest BCUT2D eigenvalue weighted by atomic mass is 14.2. The van der Waals surface area contributed by atoms with Crippen LogP contribution < -0.4 is 0 Å². The molecule has 0 radical (unpaired) electrons. The molecule has 0 nitrogen and oxygen atoms in total. The summed E-state index contributed by atoms with van der Waals surface area (Å²) in [5.41, 5.74) is 2.82. The molecule has 2 rings (SSSR count). The van der Waals surface area contributed by atoms with Crippen LogP contribution in [0.5, 0.6) is 0 Å². The molecule has 0 aromatic heterocycles. The summed E-state index contributed by atoms with van der Waals surface area (Å²) in [6, 6.07) is 8.98. The predicted octanol–water partition coefficient (Wildman–Crippen LogP) is 6.87. The zero-order valence-electron chi connectivity index (χ0n) is 14.7. The molecule has 0 amide bonds. The number of rotatable bonds is 8. The van der Waals surface area contributed by atoms with E-state index < -0.39 is 0 Å². The van der Waals surface area contributed by atoms with Crippen molar-refractivity contribution in [2.75, 3.05) is 0 Å². The van der Waals surface area contributed by atoms with E-state index in [1.807, 2.05) is 0 Å². The largest absolute Gasteiger partial charge is 0.0879 e. The average Bonchev–Trinajstić information content (AvgIpc) is 2.55. The highest BCUT2D eigenvalue weighted by molar-refractivity contribution is 5.21. The first-order valence-corrected chi connectivity index (χ1v) is 9.50. The lowest BCUT2D eigenvalue weighted by Crippen LogP contribution is -2.13. The maximum absolute atomic E-state index is 2.51. The molecule has 0 saturated heterocycles. The Kier molecular flexibility index (Phi) is 7.77. The normalized spacial score (nSPS) is 22.3. The van der Waals surface area contributed by atoms with Crippen molar-refractivity contribution in [1.29, 1.82) is 0 Å². The zero-order valence-corrected chi connectivity index (χ0v) is 14.7. The minimum Gasteiger partial charge on any atom is -0.0879 e. The maximum Gasteiger partial charge on any atom is -0.0233 e. The van der Waals surface area contributed by atoms with Crippen LogP contribution in [-0.2, 0) is 6.42 Å². The zero-order chi connectivity index (χ0) is 15.6. The van der Waals surface area contributed by atoms with Gasteiger partial charge >= 0.3 is 0 Å². The first-order valence-electron chi connectivity index (χ1n) is 9.50. The summed E-state index contributed by atoms with van der Waals surface area (Å²) in [6.45, 7) is 4.46. The van der Waals surface area contributed by atoms with E-state index in [1.165, 1.54) is 75.3 Å². The topological polar surface area (TPSA) is 0 Å². The fraction of sp³-hybridized carbons (Fsp3) is 0.636. The van der Waals surface area contributed by atoms with Gasteiger partial charge in [-0.05, 0) is 62.8 Å². The van der Waals surface area contributed by atoms with Crippen LogP contribution in [0.4, 0.5) is 0 Å². The Morgan fingerprint density at radius 3 is 2.41 bits per heavy atom. The third-order valence-electron chi connectivity index (χ3n) is 5.24. The van der Waals surface area contributed by atoms with Gasteiger partial charge in [-0.3, -0.25) is 0 Å². The number of hydrogen-bond acceptors (Lipinski definition) is 0. The summed E-state index contributed by atoms with van der Waals surface area (Å²) in [5, 5.41) is 0. The van der Waals surface area contributed by atoms with E-state index >= 15 is 0 Å². The molecule has 0 atom stereocenters. The highest BCUT2D eigenvalue weighted by Crippen LogP contribution is 2.32. The Balaban J connectivity index is 1.60. The molecule has 1 saturated carbocycles. The van der Waals surface area contributed by atoms with E-state index in [0.717, 1.165) is 11.8 Å². The van der Waals surface area contributed by atoms with Crippen molar-refractivity contribution in [2.24, 2.45) is 11.8 Å². The molecule has 1 aromatic carbocycles. The van der Waals surface area contributed by atoms with E-state index in [1.54, 1.807) is 0 Å². The van der Waals surface area contributed by atoms with Gasteiger partial charge in [-0.15, -0.1) is 0 Å². The molecular formula is C22H34. The van der Waals surface area contributed by atoms with E-state index in [4.69, 9.17) is 0 Å². The van der Waals surface area contributed by atoms with Gasteiger partial charge in [0.15, 0.2) is 0 Å². The van der Waals surface area contributed by atoms with Crippen molar-refractivity contribution in [3.63, 3.8) is 0 Å². The minimum atomic E-state index is 0.862. The van der Waals surface area contributed by atoms with Crippen molar-refractivity contribution in [1.82, 2.24) is 0 Å². The lowest BCUT2D eigenvalue weighted by atomic mass is 9.79. The van der Waals surface area contributed by atoms with E-state index in [0.29, 0.717) is 0 Å². The maximum atomic E-state index is 2.51. The second-order valence-electron chi connectivity index (χ2n) is 7.23. The molecule has 22 heavy (non-hydrogen) atoms. The number of hydrogen-bond donors (Lipinski definition) is 0. The van der Waals surface area contributed by atoms with Crippen molar-refractivity contribution < 1.29 is 0 Å². The van der Waals surface area contributed by atoms with Gasteiger partial charge < -0.3 is 0 Å². The van der Waals surface area contributed by atoms with Crippen LogP contribution in [0.3, 0.4) is 0 Å². The monoisotopic (exact) mass is 298 g/mol. The minimum absolute atomic E-state index is 0.862. The van der Waals surface area contributed by atoms with Crippen LogP contribution >= 0.6 is 0 Å². The van der Waals surface area contributed by atoms with Gasteiger partial charge in [-0.25, -0.2) is 0 Å². The standard InChI is InChI=1S/C22H34/c1-3-4-5-8-21-15-17-22(18-16-21)10-7-6-9-20-13-11-19(2)12-14-20/h7,10-14,21-22H,3-6,8-9,15-18H2,1-2H3/b10-7+/t21-,22-. The van der Waals surface area contributed by atoms with Gasteiger partial charge in [0.1, 0.15) is 0 Å². The van der Waals surface area contributed by atoms with Crippen LogP contribution in [-0.4, -0.2) is 0 Å². The number of unbranched alkanes of at least 4 members (excludes halogenated alkanes) is 2. The van der Waals surface area contributed by atoms with Gasteiger partial charge in [0.25, 0.3) is 0 Å². The van der Waals surface area contributed by atoms with Gasteiger partial charge in [0, 0.05) is 0 Å². The summed E-state index contributed by atoms with van der Waals surface area (Å²) in [4.78, 5) is 0. The molecule has 0 N–H and O–H groups in total. The van der Waals surface area contributed by atoms with E-state index in [9.17, 15) is 0 Å². The average molecular weight is 299 g/mol. The van der Waals surface area contributed by atoms with Gasteiger partial charge in [-0.2, -0.15) is 0 Å². The van der Waals surface area contributed by atoms with Crippen molar-refractivity contribution >= 4 is 0 Å². The van der Waals surface area contributed by atoms with Gasteiger partial charge in [0.2, 0.25) is 0 Å². The van der Waals surface area contributed by atoms with Gasteiger partial charge in [-0.1, -0.05) is 74.6 Å². The first-order chi connectivity index (χ1) is 10.8. The van der Waals surface area contributed by atoms with Crippen molar-refractivity contribution in [3.05, 3.63) is 47.5 Å². The Hall–Kier alpha value is -1.04. The summed E-state index contributed by atoms with van der Waals surface area (Å²) in [7, 11) is 0. The van der Waals surface area contributed by atoms with Crippen LogP contribution in [0.25, 0.3) is 0 Å². The third-order valence-corrected chi connectivity index (χ3v) is 5.24. The number of aryl methyl sites for hydroxylation is 2. The highest BCUT2D eigenvalue weighted by Gasteiger charge is 2.18. The second-order valence-corrected chi connectivity index (χ2v) is 7.23. The second kappa shape index (κ2) is 9.87. The van der Waals surface area contributed by atoms with Crippen LogP contribution in [0.1, 0.15) is 75.8 Å². The molecule has 0 heterocycles. The molecular weight excluding hydrogens is 264 g/mol. The van der Waals surface area contributed by atoms with E-state index in [-0.39, 0.29) is 0 Å². The summed E-state index contributed by atoms with van der Waals surface area (Å²) in [6.07, 6.45) is 18.8. The quantitative estimate of drug-likeness (QED) is 0.363. The number of allylic oxidation sites excluding steroid dienone is 2. The summed E-state index contributed by atoms with van der Waals surface area (Å²) in [5.74, 6) is 1.89. The lowest BCUT2D eigenvalue weighted by molar-refractivity contribution is 0.289. The molecule has 1 aromatic rings. The molecule has 0 spiro atoms. The Labute approximate surface area is 138 Å². The summed E-state index contributed by atoms with van der Waals surface area (Å²) < 4.78 is 0. The SMILES string of the molecule is CCCCC[C@H]1CC[C@H](/C=C/CCc2ccc(C)cc2)CC1. The predicted molar refractivity (Wildman–Crippen MR) is 98.2 cm³/mol. The molecule has 0 aliphatic heterocycles. The molecule has 1 aliphatic rings. The Morgan fingerprint density at radius 2 is 1.73 bits per heavy atom. The molecule has 1 fully saturated rings. The van der Waals surface area contributed by atoms with E-state index in [2.05, 4.69) is 50.3 Å². The Morgan fingerprint density at radius 1 is 1.00 bits per heavy atom. The fourth-order valence-corrected chi connectivity index (χ4v) is 3.65. The first kappa shape index (κ1) is 17.3. The smallest absolute Gasteiger partial charge is 0.0233 e. The van der Waals surface area contributed by atoms with Crippen molar-refractivity contribution in [3.8, 4) is 0 Å². The van der Waals surface area contributed by atoms with Crippen LogP contribution in [0, 0.1) is 18.8 Å².